The lowest BCUT2D eigenvalue weighted by Crippen LogP contribution is -2.58. The number of hydrogen-bond donors (Lipinski definition) is 0. The quantitative estimate of drug-likeness (QED) is 0.155. The minimum atomic E-state index is -2.19. The number of benzene rings is 7. The molecule has 0 spiro atoms. The van der Waals surface area contributed by atoms with E-state index < -0.39 is 8.07 Å². The number of fused-ring (bicyclic) bond motifs is 8. The van der Waals surface area contributed by atoms with Crippen molar-refractivity contribution in [1.29, 1.82) is 0 Å². The Hall–Kier alpha value is -8.53. The van der Waals surface area contributed by atoms with Crippen molar-refractivity contribution in [3.63, 3.8) is 0 Å². The Morgan fingerprint density at radius 2 is 0.758 bits per heavy atom. The van der Waals surface area contributed by atoms with E-state index >= 15 is 0 Å². The van der Waals surface area contributed by atoms with E-state index in [9.17, 15) is 0 Å². The van der Waals surface area contributed by atoms with E-state index in [1.807, 2.05) is 60.9 Å². The van der Waals surface area contributed by atoms with Gasteiger partial charge in [-0.15, -0.1) is 0 Å². The molecule has 12 aromatic rings. The Bertz CT molecular complexity index is 3530. The highest BCUT2D eigenvalue weighted by atomic mass is 28.3. The van der Waals surface area contributed by atoms with E-state index in [1.165, 1.54) is 21.7 Å². The SMILES string of the molecule is C[Si]1(C)c2ccccc2N(c2c(-n3c4ccccc4c4ncccc43)cc(-c3nc(-c4ccccc4)nc(-c4ccccc4)n3)cc2-n2c3ccccc3c3ncccc32)c2ccccc21. The minimum absolute atomic E-state index is 0.558. The van der Waals surface area contributed by atoms with Crippen molar-refractivity contribution in [1.82, 2.24) is 34.1 Å². The van der Waals surface area contributed by atoms with Gasteiger partial charge in [0.05, 0.1) is 50.2 Å². The summed E-state index contributed by atoms with van der Waals surface area (Å²) in [5.41, 5.74) is 13.8. The monoisotopic (exact) mass is 864 g/mol. The molecule has 0 bridgehead atoms. The first-order valence-corrected chi connectivity index (χ1v) is 25.3. The van der Waals surface area contributed by atoms with Crippen LogP contribution in [0.15, 0.2) is 207 Å². The predicted octanol–water partition coefficient (Wildman–Crippen LogP) is 12.5. The molecule has 0 atom stereocenters. The van der Waals surface area contributed by atoms with Crippen LogP contribution < -0.4 is 15.3 Å². The van der Waals surface area contributed by atoms with Crippen molar-refractivity contribution in [2.75, 3.05) is 4.90 Å². The Labute approximate surface area is 381 Å². The second-order valence-electron chi connectivity index (χ2n) is 17.3. The largest absolute Gasteiger partial charge is 0.307 e. The van der Waals surface area contributed by atoms with Crippen LogP contribution in [0.4, 0.5) is 17.1 Å². The maximum atomic E-state index is 5.35. The molecule has 0 radical (unpaired) electrons. The Morgan fingerprint density at radius 1 is 0.364 bits per heavy atom. The van der Waals surface area contributed by atoms with Crippen LogP contribution in [0.5, 0.6) is 0 Å². The van der Waals surface area contributed by atoms with Crippen LogP contribution in [0.25, 0.3) is 89.4 Å². The van der Waals surface area contributed by atoms with E-state index in [1.54, 1.807) is 0 Å². The van der Waals surface area contributed by atoms with E-state index in [0.717, 1.165) is 77.6 Å². The number of aromatic nitrogens is 7. The third kappa shape index (κ3) is 5.73. The van der Waals surface area contributed by atoms with Crippen LogP contribution >= 0.6 is 0 Å². The molecule has 6 heterocycles. The average molecular weight is 865 g/mol. The second-order valence-corrected chi connectivity index (χ2v) is 21.7. The molecule has 9 heteroatoms. The number of rotatable bonds is 6. The summed E-state index contributed by atoms with van der Waals surface area (Å²) in [7, 11) is -2.19. The van der Waals surface area contributed by atoms with Gasteiger partial charge in [-0.3, -0.25) is 9.97 Å². The zero-order chi connectivity index (χ0) is 43.9. The molecule has 0 amide bonds. The normalized spacial score (nSPS) is 13.1. The van der Waals surface area contributed by atoms with Gasteiger partial charge in [-0.1, -0.05) is 147 Å². The molecule has 7 aromatic carbocycles. The van der Waals surface area contributed by atoms with Crippen LogP contribution in [0, 0.1) is 0 Å². The molecule has 0 N–H and O–H groups in total. The van der Waals surface area contributed by atoms with Gasteiger partial charge in [0.25, 0.3) is 0 Å². The molecule has 1 aliphatic rings. The molecule has 0 fully saturated rings. The lowest BCUT2D eigenvalue weighted by molar-refractivity contribution is 1.06. The zero-order valence-electron chi connectivity index (χ0n) is 36.2. The minimum Gasteiger partial charge on any atom is -0.307 e. The Balaban J connectivity index is 1.25. The van der Waals surface area contributed by atoms with Crippen LogP contribution in [-0.2, 0) is 0 Å². The number of nitrogens with zero attached hydrogens (tertiary/aromatic N) is 8. The number of pyridine rings is 2. The summed E-state index contributed by atoms with van der Waals surface area (Å²) in [5, 5.41) is 4.88. The molecular weight excluding hydrogens is 825 g/mol. The van der Waals surface area contributed by atoms with Gasteiger partial charge in [0, 0.05) is 51.2 Å². The lowest BCUT2D eigenvalue weighted by atomic mass is 10.0. The fraction of sp³-hybridized carbons (Fsp3) is 0.0351. The number of hydrogen-bond acceptors (Lipinski definition) is 6. The van der Waals surface area contributed by atoms with Gasteiger partial charge in [0.15, 0.2) is 17.5 Å². The van der Waals surface area contributed by atoms with Crippen molar-refractivity contribution < 1.29 is 0 Å². The summed E-state index contributed by atoms with van der Waals surface area (Å²) >= 11 is 0. The molecule has 13 rings (SSSR count). The Kier molecular flexibility index (Phi) is 8.50. The summed E-state index contributed by atoms with van der Waals surface area (Å²) in [4.78, 5) is 28.4. The third-order valence-corrected chi connectivity index (χ3v) is 16.8. The number of para-hydroxylation sites is 4. The summed E-state index contributed by atoms with van der Waals surface area (Å²) in [6.07, 6.45) is 3.77. The maximum Gasteiger partial charge on any atom is 0.164 e. The summed E-state index contributed by atoms with van der Waals surface area (Å²) in [5.74, 6) is 1.75. The number of anilines is 3. The van der Waals surface area contributed by atoms with Crippen LogP contribution in [0.1, 0.15) is 0 Å². The topological polar surface area (TPSA) is 77.5 Å². The van der Waals surface area contributed by atoms with Crippen LogP contribution in [0.2, 0.25) is 13.1 Å². The van der Waals surface area contributed by atoms with E-state index in [4.69, 9.17) is 24.9 Å². The standard InChI is InChI=1S/C57H40N8Si/c1-66(2)50-31-15-13-27-44(50)65(45-28-14-16-32-51(45)66)54-48(63-42-25-11-9-23-40(42)52-46(63)29-17-33-58-52)35-39(36-49(54)64-43-26-12-10-24-41(43)53-47(64)30-18-34-59-53)57-61-55(37-19-5-3-6-20-37)60-56(62-57)38-21-7-4-8-22-38/h3-36H,1-2H3. The van der Waals surface area contributed by atoms with Gasteiger partial charge >= 0.3 is 0 Å². The van der Waals surface area contributed by atoms with Gasteiger partial charge in [-0.05, 0) is 71.0 Å². The average Bonchev–Trinajstić information content (AvgIpc) is 3.90. The molecular formula is C57H40N8Si. The van der Waals surface area contributed by atoms with Gasteiger partial charge in [0.1, 0.15) is 8.07 Å². The molecule has 0 saturated heterocycles. The highest BCUT2D eigenvalue weighted by Gasteiger charge is 2.40. The predicted molar refractivity (Wildman–Crippen MR) is 272 cm³/mol. The smallest absolute Gasteiger partial charge is 0.164 e. The molecule has 312 valence electrons. The van der Waals surface area contributed by atoms with E-state index in [-0.39, 0.29) is 0 Å². The molecule has 66 heavy (non-hydrogen) atoms. The van der Waals surface area contributed by atoms with Gasteiger partial charge in [-0.2, -0.15) is 0 Å². The fourth-order valence-corrected chi connectivity index (χ4v) is 13.2. The zero-order valence-corrected chi connectivity index (χ0v) is 37.2. The Morgan fingerprint density at radius 3 is 1.24 bits per heavy atom. The summed E-state index contributed by atoms with van der Waals surface area (Å²) < 4.78 is 4.79. The lowest BCUT2D eigenvalue weighted by Gasteiger charge is -2.42. The molecule has 8 nitrogen and oxygen atoms in total. The van der Waals surface area contributed by atoms with Gasteiger partial charge in [0.2, 0.25) is 0 Å². The van der Waals surface area contributed by atoms with Crippen LogP contribution in [-0.4, -0.2) is 42.1 Å². The van der Waals surface area contributed by atoms with Crippen molar-refractivity contribution in [2.45, 2.75) is 13.1 Å². The van der Waals surface area contributed by atoms with Crippen molar-refractivity contribution >= 4 is 79.4 Å². The third-order valence-electron chi connectivity index (χ3n) is 13.2. The highest BCUT2D eigenvalue weighted by molar-refractivity contribution is 7.02. The van der Waals surface area contributed by atoms with E-state index in [2.05, 4.69) is 173 Å². The van der Waals surface area contributed by atoms with Gasteiger partial charge in [-0.25, -0.2) is 15.0 Å². The van der Waals surface area contributed by atoms with Crippen molar-refractivity contribution in [3.8, 4) is 45.5 Å². The van der Waals surface area contributed by atoms with Crippen molar-refractivity contribution in [2.24, 2.45) is 0 Å². The molecule has 5 aromatic heterocycles. The first-order chi connectivity index (χ1) is 32.5. The first-order valence-electron chi connectivity index (χ1n) is 22.3. The molecule has 0 aliphatic carbocycles. The summed E-state index contributed by atoms with van der Waals surface area (Å²) in [6.45, 7) is 4.94. The van der Waals surface area contributed by atoms with Crippen LogP contribution in [0.3, 0.4) is 0 Å². The molecule has 0 unspecified atom stereocenters. The van der Waals surface area contributed by atoms with Gasteiger partial charge < -0.3 is 14.0 Å². The second kappa shape index (κ2) is 14.8. The first kappa shape index (κ1) is 38.0. The molecule has 1 aliphatic heterocycles. The highest BCUT2D eigenvalue weighted by Crippen LogP contribution is 2.49. The maximum absolute atomic E-state index is 5.35. The summed E-state index contributed by atoms with van der Waals surface area (Å²) in [6, 6.07) is 68.5. The van der Waals surface area contributed by atoms with E-state index in [0.29, 0.717) is 17.5 Å². The molecule has 0 saturated carbocycles. The fourth-order valence-electron chi connectivity index (χ4n) is 10.2. The van der Waals surface area contributed by atoms with Crippen molar-refractivity contribution in [3.05, 3.63) is 207 Å².